The summed E-state index contributed by atoms with van der Waals surface area (Å²) in [6, 6.07) is 12.9. The molecule has 1 saturated carbocycles. The number of benzene rings is 1. The second kappa shape index (κ2) is 10.7. The van der Waals surface area contributed by atoms with Gasteiger partial charge >= 0.3 is 0 Å². The van der Waals surface area contributed by atoms with Gasteiger partial charge in [-0.05, 0) is 69.6 Å². The van der Waals surface area contributed by atoms with E-state index < -0.39 is 0 Å². The van der Waals surface area contributed by atoms with Gasteiger partial charge in [0.05, 0.1) is 41.6 Å². The molecule has 10 heteroatoms. The number of rotatable bonds is 8. The summed E-state index contributed by atoms with van der Waals surface area (Å²) in [5.74, 6) is 0.779. The summed E-state index contributed by atoms with van der Waals surface area (Å²) in [6.45, 7) is 2.68. The maximum absolute atomic E-state index is 9.67. The van der Waals surface area contributed by atoms with Crippen LogP contribution in [0.3, 0.4) is 0 Å². The first-order valence-electron chi connectivity index (χ1n) is 13.8. The molecule has 1 N–H and O–H groups in total. The molecule has 6 rings (SSSR count). The monoisotopic (exact) mass is 535 g/mol. The number of ether oxygens (including phenoxy) is 1. The molecule has 3 aromatic heterocycles. The van der Waals surface area contributed by atoms with E-state index in [0.717, 1.165) is 78.9 Å². The zero-order valence-electron chi connectivity index (χ0n) is 22.9. The topological polar surface area (TPSA) is 123 Å². The highest BCUT2D eigenvalue weighted by Gasteiger charge is 2.49. The van der Waals surface area contributed by atoms with Crippen molar-refractivity contribution in [3.63, 3.8) is 0 Å². The standard InChI is InChI=1S/C30H33N9O/c1-37(2)18-22-11-21(16-32)12-26(13-22)40-25-4-9-38(10-5-25)24-14-30(15-24,6-7-31)39-19-23(17-36-39)28-27-3-8-33-29(27)35-20-34-28/h3,8,11-13,17,19-20,24-25H,4-6,9-10,14-15,18H2,1-2H3,(H,33,34,35)/t24-,30+. The van der Waals surface area contributed by atoms with Gasteiger partial charge in [-0.25, -0.2) is 9.97 Å². The van der Waals surface area contributed by atoms with Gasteiger partial charge in [0.1, 0.15) is 23.8 Å². The fraction of sp³-hybridized carbons (Fsp3) is 0.433. The number of aromatic amines is 1. The maximum Gasteiger partial charge on any atom is 0.141 e. The number of H-pyrrole nitrogens is 1. The van der Waals surface area contributed by atoms with E-state index >= 15 is 0 Å². The average Bonchev–Trinajstić information content (AvgIpc) is 3.61. The van der Waals surface area contributed by atoms with Crippen LogP contribution >= 0.6 is 0 Å². The Morgan fingerprint density at radius 2 is 1.98 bits per heavy atom. The van der Waals surface area contributed by atoms with Gasteiger partial charge < -0.3 is 14.6 Å². The van der Waals surface area contributed by atoms with E-state index in [1.807, 2.05) is 55.6 Å². The number of fused-ring (bicyclic) bond motifs is 1. The minimum Gasteiger partial charge on any atom is -0.490 e. The Labute approximate surface area is 233 Å². The average molecular weight is 536 g/mol. The van der Waals surface area contributed by atoms with Crippen LogP contribution in [-0.4, -0.2) is 73.9 Å². The van der Waals surface area contributed by atoms with Crippen molar-refractivity contribution >= 4 is 11.0 Å². The molecule has 10 nitrogen and oxygen atoms in total. The molecule has 40 heavy (non-hydrogen) atoms. The number of aromatic nitrogens is 5. The smallest absolute Gasteiger partial charge is 0.141 e. The van der Waals surface area contributed by atoms with Crippen molar-refractivity contribution < 1.29 is 4.74 Å². The third kappa shape index (κ3) is 5.04. The van der Waals surface area contributed by atoms with Crippen molar-refractivity contribution in [1.82, 2.24) is 34.5 Å². The number of likely N-dealkylation sites (tertiary alicyclic amines) is 1. The van der Waals surface area contributed by atoms with Gasteiger partial charge in [0, 0.05) is 49.0 Å². The van der Waals surface area contributed by atoms with Crippen LogP contribution in [0.15, 0.2) is 49.2 Å². The number of nitriles is 2. The second-order valence-electron chi connectivity index (χ2n) is 11.3. The summed E-state index contributed by atoms with van der Waals surface area (Å²) in [5.41, 5.74) is 3.99. The van der Waals surface area contributed by atoms with Crippen molar-refractivity contribution in [3.05, 3.63) is 60.3 Å². The molecule has 0 atom stereocenters. The van der Waals surface area contributed by atoms with E-state index in [4.69, 9.17) is 9.84 Å². The van der Waals surface area contributed by atoms with E-state index in [9.17, 15) is 10.5 Å². The Balaban J connectivity index is 1.09. The van der Waals surface area contributed by atoms with Gasteiger partial charge in [-0.1, -0.05) is 0 Å². The van der Waals surface area contributed by atoms with Crippen LogP contribution in [0.4, 0.5) is 0 Å². The van der Waals surface area contributed by atoms with Gasteiger partial charge in [0.2, 0.25) is 0 Å². The lowest BCUT2D eigenvalue weighted by Crippen LogP contribution is -2.58. The van der Waals surface area contributed by atoms with Crippen LogP contribution in [0.2, 0.25) is 0 Å². The van der Waals surface area contributed by atoms with Gasteiger partial charge in [-0.15, -0.1) is 0 Å². The first-order valence-corrected chi connectivity index (χ1v) is 13.8. The Morgan fingerprint density at radius 3 is 2.73 bits per heavy atom. The Bertz CT molecular complexity index is 1580. The molecule has 1 aromatic carbocycles. The minimum atomic E-state index is -0.296. The van der Waals surface area contributed by atoms with Crippen LogP contribution < -0.4 is 4.74 Å². The van der Waals surface area contributed by atoms with Gasteiger partial charge in [0.15, 0.2) is 0 Å². The lowest BCUT2D eigenvalue weighted by atomic mass is 9.69. The molecule has 0 unspecified atom stereocenters. The molecule has 1 saturated heterocycles. The number of nitrogens with one attached hydrogen (secondary N) is 1. The van der Waals surface area contributed by atoms with Crippen molar-refractivity contribution in [2.45, 2.75) is 56.3 Å². The van der Waals surface area contributed by atoms with E-state index in [1.165, 1.54) is 0 Å². The molecule has 0 bridgehead atoms. The summed E-state index contributed by atoms with van der Waals surface area (Å²) >= 11 is 0. The van der Waals surface area contributed by atoms with Crippen LogP contribution in [-0.2, 0) is 12.1 Å². The summed E-state index contributed by atoms with van der Waals surface area (Å²) in [5, 5.41) is 24.8. The third-order valence-electron chi connectivity index (χ3n) is 8.23. The van der Waals surface area contributed by atoms with Gasteiger partial charge in [0.25, 0.3) is 0 Å². The van der Waals surface area contributed by atoms with Gasteiger partial charge in [-0.3, -0.25) is 9.58 Å². The Kier molecular flexibility index (Phi) is 6.97. The molecule has 0 amide bonds. The molecule has 4 aromatic rings. The number of piperidine rings is 1. The lowest BCUT2D eigenvalue weighted by molar-refractivity contribution is -0.0207. The van der Waals surface area contributed by atoms with E-state index in [-0.39, 0.29) is 11.6 Å². The summed E-state index contributed by atoms with van der Waals surface area (Å²) in [4.78, 5) is 16.5. The van der Waals surface area contributed by atoms with Crippen molar-refractivity contribution in [3.8, 4) is 29.1 Å². The zero-order chi connectivity index (χ0) is 27.7. The summed E-state index contributed by atoms with van der Waals surface area (Å²) in [7, 11) is 4.04. The molecule has 1 aliphatic heterocycles. The first kappa shape index (κ1) is 26.0. The number of nitrogens with zero attached hydrogens (tertiary/aromatic N) is 8. The fourth-order valence-corrected chi connectivity index (χ4v) is 6.24. The quantitative estimate of drug-likeness (QED) is 0.358. The Hall–Kier alpha value is -4.25. The van der Waals surface area contributed by atoms with Crippen LogP contribution in [0.5, 0.6) is 5.75 Å². The number of hydrogen-bond donors (Lipinski definition) is 1. The highest BCUT2D eigenvalue weighted by atomic mass is 16.5. The molecule has 2 aliphatic rings. The molecule has 2 fully saturated rings. The van der Waals surface area contributed by atoms with Gasteiger partial charge in [-0.2, -0.15) is 15.6 Å². The van der Waals surface area contributed by atoms with Crippen molar-refractivity contribution in [2.75, 3.05) is 27.2 Å². The highest BCUT2D eigenvalue weighted by molar-refractivity contribution is 5.90. The maximum atomic E-state index is 9.67. The SMILES string of the molecule is CN(C)Cc1cc(C#N)cc(OC2CCN([C@H]3C[C@@](CC#N)(n4cc(-c5ncnc6[nH]ccc56)cn4)C3)CC2)c1. The lowest BCUT2D eigenvalue weighted by Gasteiger charge is -2.52. The normalized spacial score (nSPS) is 21.7. The van der Waals surface area contributed by atoms with Crippen molar-refractivity contribution in [2.24, 2.45) is 0 Å². The van der Waals surface area contributed by atoms with E-state index in [1.54, 1.807) is 6.33 Å². The summed E-state index contributed by atoms with van der Waals surface area (Å²) in [6.07, 6.45) is 11.5. The summed E-state index contributed by atoms with van der Waals surface area (Å²) < 4.78 is 8.34. The fourth-order valence-electron chi connectivity index (χ4n) is 6.24. The molecule has 1 aliphatic carbocycles. The molecule has 204 valence electrons. The number of hydrogen-bond acceptors (Lipinski definition) is 8. The van der Waals surface area contributed by atoms with Crippen LogP contribution in [0.25, 0.3) is 22.3 Å². The van der Waals surface area contributed by atoms with E-state index in [0.29, 0.717) is 18.0 Å². The van der Waals surface area contributed by atoms with Crippen LogP contribution in [0, 0.1) is 22.7 Å². The molecular weight excluding hydrogens is 502 g/mol. The van der Waals surface area contributed by atoms with E-state index in [2.05, 4.69) is 43.0 Å². The highest BCUT2D eigenvalue weighted by Crippen LogP contribution is 2.45. The first-order chi connectivity index (χ1) is 19.5. The molecule has 0 spiro atoms. The predicted octanol–water partition coefficient (Wildman–Crippen LogP) is 4.07. The second-order valence-corrected chi connectivity index (χ2v) is 11.3. The predicted molar refractivity (Wildman–Crippen MR) is 150 cm³/mol. The van der Waals surface area contributed by atoms with Crippen LogP contribution in [0.1, 0.15) is 43.2 Å². The minimum absolute atomic E-state index is 0.133. The third-order valence-corrected chi connectivity index (χ3v) is 8.23. The molecule has 0 radical (unpaired) electrons. The zero-order valence-corrected chi connectivity index (χ0v) is 22.9. The largest absolute Gasteiger partial charge is 0.490 e. The molecular formula is C30H33N9O. The Morgan fingerprint density at radius 1 is 1.15 bits per heavy atom. The van der Waals surface area contributed by atoms with Crippen molar-refractivity contribution in [1.29, 1.82) is 10.5 Å². The molecule has 4 heterocycles.